The minimum Gasteiger partial charge on any atom is -0.368 e. The highest BCUT2D eigenvalue weighted by Gasteiger charge is 2.22. The van der Waals surface area contributed by atoms with Gasteiger partial charge in [-0.15, -0.1) is 0 Å². The van der Waals surface area contributed by atoms with E-state index in [1.54, 1.807) is 4.57 Å². The van der Waals surface area contributed by atoms with Crippen molar-refractivity contribution in [3.05, 3.63) is 46.4 Å². The second-order valence-corrected chi connectivity index (χ2v) is 6.03. The third-order valence-electron chi connectivity index (χ3n) is 4.31. The van der Waals surface area contributed by atoms with Crippen LogP contribution in [0.5, 0.6) is 0 Å². The number of anilines is 2. The zero-order valence-corrected chi connectivity index (χ0v) is 14.2. The van der Waals surface area contributed by atoms with Crippen LogP contribution in [0.1, 0.15) is 11.4 Å². The molecule has 6 heteroatoms. The van der Waals surface area contributed by atoms with Gasteiger partial charge in [0.15, 0.2) is 5.82 Å². The number of hydrogen-bond donors (Lipinski definition) is 0. The molecule has 0 N–H and O–H groups in total. The van der Waals surface area contributed by atoms with Gasteiger partial charge in [0, 0.05) is 38.9 Å². The topological polar surface area (TPSA) is 48.1 Å². The van der Waals surface area contributed by atoms with Gasteiger partial charge < -0.3 is 14.4 Å². The highest BCUT2D eigenvalue weighted by Crippen LogP contribution is 2.23. The van der Waals surface area contributed by atoms with Crippen molar-refractivity contribution in [3.63, 3.8) is 0 Å². The maximum atomic E-state index is 9.47. The first-order valence-electron chi connectivity index (χ1n) is 7.64. The van der Waals surface area contributed by atoms with Crippen molar-refractivity contribution >= 4 is 23.7 Å². The normalized spacial score (nSPS) is 14.7. The van der Waals surface area contributed by atoms with Crippen LogP contribution in [0.25, 0.3) is 0 Å². The number of aromatic nitrogens is 2. The summed E-state index contributed by atoms with van der Waals surface area (Å²) in [4.78, 5) is 9.13. The average molecular weight is 325 g/mol. The van der Waals surface area contributed by atoms with Crippen molar-refractivity contribution in [2.75, 3.05) is 36.0 Å². The highest BCUT2D eigenvalue weighted by atomic mass is 32.1. The van der Waals surface area contributed by atoms with Crippen LogP contribution in [-0.2, 0) is 7.05 Å². The Morgan fingerprint density at radius 3 is 2.30 bits per heavy atom. The van der Waals surface area contributed by atoms with E-state index in [1.807, 2.05) is 20.0 Å². The van der Waals surface area contributed by atoms with Crippen molar-refractivity contribution < 1.29 is 0 Å². The molecule has 1 aliphatic rings. The molecule has 0 saturated carbocycles. The number of piperazine rings is 1. The molecule has 2 heterocycles. The van der Waals surface area contributed by atoms with Gasteiger partial charge in [-0.3, -0.25) is 0 Å². The molecule has 0 bridgehead atoms. The fraction of sp³-hybridized carbons (Fsp3) is 0.353. The summed E-state index contributed by atoms with van der Waals surface area (Å²) in [5.74, 6) is 1.55. The van der Waals surface area contributed by atoms with E-state index in [0.717, 1.165) is 37.8 Å². The first-order chi connectivity index (χ1) is 11.1. The molecule has 1 fully saturated rings. The molecular weight excluding hydrogens is 306 g/mol. The second kappa shape index (κ2) is 6.39. The van der Waals surface area contributed by atoms with Gasteiger partial charge >= 0.3 is 0 Å². The van der Waals surface area contributed by atoms with Gasteiger partial charge in [0.25, 0.3) is 0 Å². The van der Waals surface area contributed by atoms with Crippen molar-refractivity contribution in [1.82, 2.24) is 9.55 Å². The smallest absolute Gasteiger partial charge is 0.151 e. The van der Waals surface area contributed by atoms with Gasteiger partial charge in [0.1, 0.15) is 22.1 Å². The van der Waals surface area contributed by atoms with Crippen LogP contribution in [0.15, 0.2) is 30.3 Å². The molecule has 23 heavy (non-hydrogen) atoms. The van der Waals surface area contributed by atoms with Gasteiger partial charge in [-0.25, -0.2) is 4.98 Å². The molecule has 0 spiro atoms. The zero-order valence-electron chi connectivity index (χ0n) is 13.4. The van der Waals surface area contributed by atoms with Gasteiger partial charge in [-0.05, 0) is 19.1 Å². The predicted octanol–water partition coefficient (Wildman–Crippen LogP) is 2.66. The molecule has 1 saturated heterocycles. The van der Waals surface area contributed by atoms with E-state index < -0.39 is 0 Å². The molecule has 0 aliphatic carbocycles. The Morgan fingerprint density at radius 2 is 1.70 bits per heavy atom. The lowest BCUT2D eigenvalue weighted by Crippen LogP contribution is -2.47. The van der Waals surface area contributed by atoms with Crippen LogP contribution in [0.4, 0.5) is 11.5 Å². The van der Waals surface area contributed by atoms with Crippen molar-refractivity contribution in [3.8, 4) is 6.07 Å². The molecule has 0 atom stereocenters. The summed E-state index contributed by atoms with van der Waals surface area (Å²) in [7, 11) is 1.85. The summed E-state index contributed by atoms with van der Waals surface area (Å²) >= 11 is 5.40. The lowest BCUT2D eigenvalue weighted by Gasteiger charge is -2.37. The number of nitrogens with zero attached hydrogens (tertiary/aromatic N) is 5. The van der Waals surface area contributed by atoms with Crippen molar-refractivity contribution in [2.45, 2.75) is 6.92 Å². The third kappa shape index (κ3) is 2.92. The first kappa shape index (κ1) is 15.5. The lowest BCUT2D eigenvalue weighted by molar-refractivity contribution is 0.640. The maximum absolute atomic E-state index is 9.47. The molecule has 5 nitrogen and oxygen atoms in total. The number of aryl methyl sites for hydroxylation is 1. The van der Waals surface area contributed by atoms with E-state index in [-0.39, 0.29) is 0 Å². The fourth-order valence-corrected chi connectivity index (χ4v) is 3.11. The Morgan fingerprint density at radius 1 is 1.09 bits per heavy atom. The molecule has 0 unspecified atom stereocenters. The predicted molar refractivity (Wildman–Crippen MR) is 94.4 cm³/mol. The standard InChI is InChI=1S/C17H19N5S/c1-13-19-16(15(12-18)17(23)20(13)2)22-10-8-21(9-11-22)14-6-4-3-5-7-14/h3-7H,8-11H2,1-2H3. The number of rotatable bonds is 2. The monoisotopic (exact) mass is 325 g/mol. The SMILES string of the molecule is Cc1nc(N2CCN(c3ccccc3)CC2)c(C#N)c(=S)n1C. The Kier molecular flexibility index (Phi) is 4.30. The third-order valence-corrected chi connectivity index (χ3v) is 4.79. The van der Waals surface area contributed by atoms with Crippen molar-refractivity contribution in [2.24, 2.45) is 7.05 Å². The van der Waals surface area contributed by atoms with E-state index in [1.165, 1.54) is 5.69 Å². The van der Waals surface area contributed by atoms with Crippen LogP contribution < -0.4 is 9.80 Å². The summed E-state index contributed by atoms with van der Waals surface area (Å²) in [6.45, 7) is 5.39. The number of hydrogen-bond acceptors (Lipinski definition) is 5. The Bertz CT molecular complexity index is 798. The molecule has 118 valence electrons. The Hall–Kier alpha value is -2.39. The summed E-state index contributed by atoms with van der Waals surface area (Å²) < 4.78 is 2.35. The van der Waals surface area contributed by atoms with Gasteiger partial charge in [-0.2, -0.15) is 5.26 Å². The van der Waals surface area contributed by atoms with E-state index in [2.05, 4.69) is 45.1 Å². The number of nitriles is 1. The van der Waals surface area contributed by atoms with Crippen LogP contribution in [-0.4, -0.2) is 35.7 Å². The second-order valence-electron chi connectivity index (χ2n) is 5.64. The summed E-state index contributed by atoms with van der Waals surface area (Å²) in [5, 5.41) is 9.47. The number of para-hydroxylation sites is 1. The van der Waals surface area contributed by atoms with Crippen LogP contribution in [0.2, 0.25) is 0 Å². The minimum absolute atomic E-state index is 0.501. The largest absolute Gasteiger partial charge is 0.368 e. The summed E-state index contributed by atoms with van der Waals surface area (Å²) in [5.41, 5.74) is 1.74. The fourth-order valence-electron chi connectivity index (χ4n) is 2.84. The quantitative estimate of drug-likeness (QED) is 0.795. The van der Waals surface area contributed by atoms with E-state index in [4.69, 9.17) is 12.2 Å². The van der Waals surface area contributed by atoms with Crippen LogP contribution >= 0.6 is 12.2 Å². The summed E-state index contributed by atoms with van der Waals surface area (Å²) in [6.07, 6.45) is 0. The molecule has 3 rings (SSSR count). The number of benzene rings is 1. The Balaban J connectivity index is 1.84. The first-order valence-corrected chi connectivity index (χ1v) is 8.05. The molecule has 1 aliphatic heterocycles. The molecular formula is C17H19N5S. The van der Waals surface area contributed by atoms with E-state index in [9.17, 15) is 5.26 Å². The average Bonchev–Trinajstić information content (AvgIpc) is 2.60. The van der Waals surface area contributed by atoms with Gasteiger partial charge in [0.2, 0.25) is 0 Å². The van der Waals surface area contributed by atoms with E-state index in [0.29, 0.717) is 10.2 Å². The van der Waals surface area contributed by atoms with Crippen LogP contribution in [0.3, 0.4) is 0 Å². The van der Waals surface area contributed by atoms with Crippen LogP contribution in [0, 0.1) is 22.9 Å². The van der Waals surface area contributed by atoms with Crippen molar-refractivity contribution in [1.29, 1.82) is 5.26 Å². The molecule has 0 radical (unpaired) electrons. The Labute approximate surface area is 141 Å². The molecule has 1 aromatic carbocycles. The maximum Gasteiger partial charge on any atom is 0.151 e. The zero-order chi connectivity index (χ0) is 16.4. The van der Waals surface area contributed by atoms with E-state index >= 15 is 0 Å². The minimum atomic E-state index is 0.501. The lowest BCUT2D eigenvalue weighted by atomic mass is 10.2. The molecule has 2 aromatic rings. The highest BCUT2D eigenvalue weighted by molar-refractivity contribution is 7.71. The molecule has 0 amide bonds. The summed E-state index contributed by atoms with van der Waals surface area (Å²) in [6, 6.07) is 12.6. The van der Waals surface area contributed by atoms with Gasteiger partial charge in [-0.1, -0.05) is 30.4 Å². The van der Waals surface area contributed by atoms with Gasteiger partial charge in [0.05, 0.1) is 0 Å². The molecule has 1 aromatic heterocycles.